The molecule has 0 saturated heterocycles. The second-order valence-electron chi connectivity index (χ2n) is 8.28. The number of hydrogen-bond acceptors (Lipinski definition) is 7. The van der Waals surface area contributed by atoms with E-state index in [0.29, 0.717) is 6.54 Å². The minimum Gasteiger partial charge on any atom is -0.465 e. The Labute approximate surface area is 208 Å². The quantitative estimate of drug-likeness (QED) is 0.248. The molecular weight excluding hydrogens is 486 g/mol. The molecule has 2 N–H and O–H groups in total. The van der Waals surface area contributed by atoms with E-state index in [1.165, 1.54) is 18.2 Å². The van der Waals surface area contributed by atoms with Crippen molar-refractivity contribution < 1.29 is 27.7 Å². The number of nitrogens with one attached hydrogen (secondary N) is 2. The highest BCUT2D eigenvalue weighted by atomic mass is 32.2. The van der Waals surface area contributed by atoms with Gasteiger partial charge in [0.25, 0.3) is 11.6 Å². The largest absolute Gasteiger partial charge is 0.465 e. The first-order chi connectivity index (χ1) is 17.0. The van der Waals surface area contributed by atoms with Gasteiger partial charge in [0.2, 0.25) is 10.0 Å². The van der Waals surface area contributed by atoms with Crippen LogP contribution in [0, 0.1) is 16.0 Å². The van der Waals surface area contributed by atoms with E-state index < -0.39 is 26.8 Å². The van der Waals surface area contributed by atoms with Gasteiger partial charge in [0.1, 0.15) is 0 Å². The summed E-state index contributed by atoms with van der Waals surface area (Å²) >= 11 is 0. The van der Waals surface area contributed by atoms with Crippen molar-refractivity contribution >= 4 is 33.3 Å². The zero-order valence-electron chi connectivity index (χ0n) is 19.8. The Balaban J connectivity index is 1.78. The number of rotatable bonds is 9. The van der Waals surface area contributed by atoms with E-state index in [1.807, 2.05) is 13.8 Å². The Bertz CT molecular complexity index is 1380. The summed E-state index contributed by atoms with van der Waals surface area (Å²) in [5.41, 5.74) is 1.38. The van der Waals surface area contributed by atoms with E-state index in [-0.39, 0.29) is 33.3 Å². The number of hydrogen-bond donors (Lipinski definition) is 2. The summed E-state index contributed by atoms with van der Waals surface area (Å²) in [6.45, 7) is 4.17. The molecule has 0 aliphatic rings. The SMILES string of the molecule is COC(=O)c1ccc([N+](=O)[O-])cc1NC(=O)c1ccc(-c2ccc(S(=O)(=O)NCC(C)C)cc2)cc1. The first kappa shape index (κ1) is 26.5. The number of methoxy groups -OCH3 is 1. The lowest BCUT2D eigenvalue weighted by Gasteiger charge is -2.11. The number of benzene rings is 3. The minimum atomic E-state index is -3.60. The third-order valence-corrected chi connectivity index (χ3v) is 6.63. The average molecular weight is 512 g/mol. The van der Waals surface area contributed by atoms with Gasteiger partial charge in [0, 0.05) is 24.2 Å². The maximum Gasteiger partial charge on any atom is 0.339 e. The maximum absolute atomic E-state index is 12.8. The van der Waals surface area contributed by atoms with Crippen LogP contribution < -0.4 is 10.0 Å². The molecule has 3 aromatic carbocycles. The van der Waals surface area contributed by atoms with Crippen LogP contribution in [-0.2, 0) is 14.8 Å². The van der Waals surface area contributed by atoms with Crippen LogP contribution >= 0.6 is 0 Å². The summed E-state index contributed by atoms with van der Waals surface area (Å²) in [5.74, 6) is -1.15. The van der Waals surface area contributed by atoms with Crippen LogP contribution in [0.3, 0.4) is 0 Å². The zero-order chi connectivity index (χ0) is 26.5. The lowest BCUT2D eigenvalue weighted by Crippen LogP contribution is -2.27. The minimum absolute atomic E-state index is 0.0222. The summed E-state index contributed by atoms with van der Waals surface area (Å²) in [6.07, 6.45) is 0. The van der Waals surface area contributed by atoms with Gasteiger partial charge in [-0.1, -0.05) is 38.1 Å². The fourth-order valence-electron chi connectivity index (χ4n) is 3.23. The molecule has 0 heterocycles. The number of amides is 1. The number of nitro groups is 1. The van der Waals surface area contributed by atoms with Gasteiger partial charge in [0.15, 0.2) is 0 Å². The Morgan fingerprint density at radius 1 is 0.972 bits per heavy atom. The zero-order valence-corrected chi connectivity index (χ0v) is 20.7. The highest BCUT2D eigenvalue weighted by Crippen LogP contribution is 2.25. The monoisotopic (exact) mass is 511 g/mol. The molecular formula is C25H25N3O7S. The molecule has 0 aliphatic carbocycles. The van der Waals surface area contributed by atoms with Crippen molar-refractivity contribution in [2.75, 3.05) is 19.0 Å². The van der Waals surface area contributed by atoms with E-state index >= 15 is 0 Å². The molecule has 0 fully saturated rings. The van der Waals surface area contributed by atoms with Crippen molar-refractivity contribution in [3.8, 4) is 11.1 Å². The standard InChI is InChI=1S/C25H25N3O7S/c1-16(2)15-26-36(33,34)21-11-8-18(9-12-21)17-4-6-19(7-5-17)24(29)27-23-14-20(28(31)32)10-13-22(23)25(30)35-3/h4-14,16,26H,15H2,1-3H3,(H,27,29). The predicted molar refractivity (Wildman–Crippen MR) is 134 cm³/mol. The van der Waals surface area contributed by atoms with Gasteiger partial charge in [0.05, 0.1) is 28.2 Å². The summed E-state index contributed by atoms with van der Waals surface area (Å²) in [7, 11) is -2.44. The van der Waals surface area contributed by atoms with Crippen LogP contribution in [-0.4, -0.2) is 38.9 Å². The maximum atomic E-state index is 12.8. The molecule has 11 heteroatoms. The second kappa shape index (κ2) is 11.1. The van der Waals surface area contributed by atoms with E-state index in [9.17, 15) is 28.1 Å². The van der Waals surface area contributed by atoms with Crippen LogP contribution in [0.15, 0.2) is 71.6 Å². The molecule has 3 aromatic rings. The highest BCUT2D eigenvalue weighted by molar-refractivity contribution is 7.89. The lowest BCUT2D eigenvalue weighted by atomic mass is 10.0. The summed E-state index contributed by atoms with van der Waals surface area (Å²) in [4.78, 5) is 35.4. The molecule has 0 spiro atoms. The van der Waals surface area contributed by atoms with Crippen molar-refractivity contribution in [2.24, 2.45) is 5.92 Å². The van der Waals surface area contributed by atoms with Gasteiger partial charge < -0.3 is 10.1 Å². The number of anilines is 1. The molecule has 0 aliphatic heterocycles. The van der Waals surface area contributed by atoms with Crippen molar-refractivity contribution in [3.05, 3.63) is 88.0 Å². The Morgan fingerprint density at radius 3 is 2.08 bits per heavy atom. The van der Waals surface area contributed by atoms with E-state index in [2.05, 4.69) is 14.8 Å². The highest BCUT2D eigenvalue weighted by Gasteiger charge is 2.19. The molecule has 3 rings (SSSR count). The molecule has 0 aromatic heterocycles. The molecule has 188 valence electrons. The van der Waals surface area contributed by atoms with Crippen molar-refractivity contribution in [1.29, 1.82) is 0 Å². The Morgan fingerprint density at radius 2 is 1.56 bits per heavy atom. The number of carbonyl (C=O) groups excluding carboxylic acids is 2. The molecule has 0 saturated carbocycles. The van der Waals surface area contributed by atoms with Crippen molar-refractivity contribution in [1.82, 2.24) is 4.72 Å². The topological polar surface area (TPSA) is 145 Å². The average Bonchev–Trinajstić information content (AvgIpc) is 2.87. The Kier molecular flexibility index (Phi) is 8.18. The predicted octanol–water partition coefficient (Wildman–Crippen LogP) is 4.24. The first-order valence-electron chi connectivity index (χ1n) is 10.9. The van der Waals surface area contributed by atoms with Gasteiger partial charge in [-0.2, -0.15) is 0 Å². The molecule has 0 atom stereocenters. The van der Waals surface area contributed by atoms with Gasteiger partial charge >= 0.3 is 5.97 Å². The van der Waals surface area contributed by atoms with Crippen molar-refractivity contribution in [3.63, 3.8) is 0 Å². The number of non-ortho nitro benzene ring substituents is 1. The van der Waals surface area contributed by atoms with Crippen LogP contribution in [0.25, 0.3) is 11.1 Å². The molecule has 10 nitrogen and oxygen atoms in total. The van der Waals surface area contributed by atoms with E-state index in [4.69, 9.17) is 0 Å². The first-order valence-corrected chi connectivity index (χ1v) is 12.4. The van der Waals surface area contributed by atoms with Gasteiger partial charge in [-0.15, -0.1) is 0 Å². The summed E-state index contributed by atoms with van der Waals surface area (Å²) < 4.78 is 32.0. The Hall–Kier alpha value is -4.09. The van der Waals surface area contributed by atoms with Gasteiger partial charge in [-0.25, -0.2) is 17.9 Å². The fraction of sp³-hybridized carbons (Fsp3) is 0.200. The van der Waals surface area contributed by atoms with Crippen LogP contribution in [0.5, 0.6) is 0 Å². The number of nitrogens with zero attached hydrogens (tertiary/aromatic N) is 1. The normalized spacial score (nSPS) is 11.2. The number of nitro benzene ring substituents is 1. The number of esters is 1. The van der Waals surface area contributed by atoms with Gasteiger partial charge in [-0.3, -0.25) is 14.9 Å². The van der Waals surface area contributed by atoms with Crippen LogP contribution in [0.4, 0.5) is 11.4 Å². The number of carbonyl (C=O) groups is 2. The summed E-state index contributed by atoms with van der Waals surface area (Å²) in [6, 6.07) is 16.3. The van der Waals surface area contributed by atoms with Crippen LogP contribution in [0.1, 0.15) is 34.6 Å². The van der Waals surface area contributed by atoms with Gasteiger partial charge in [-0.05, 0) is 47.4 Å². The number of ether oxygens (including phenoxy) is 1. The second-order valence-corrected chi connectivity index (χ2v) is 10.0. The molecule has 0 bridgehead atoms. The molecule has 0 unspecified atom stereocenters. The number of sulfonamides is 1. The lowest BCUT2D eigenvalue weighted by molar-refractivity contribution is -0.384. The third-order valence-electron chi connectivity index (χ3n) is 5.19. The molecule has 0 radical (unpaired) electrons. The molecule has 1 amide bonds. The van der Waals surface area contributed by atoms with Crippen LogP contribution in [0.2, 0.25) is 0 Å². The van der Waals surface area contributed by atoms with E-state index in [1.54, 1.807) is 36.4 Å². The molecule has 36 heavy (non-hydrogen) atoms. The smallest absolute Gasteiger partial charge is 0.339 e. The third kappa shape index (κ3) is 6.32. The summed E-state index contributed by atoms with van der Waals surface area (Å²) in [5, 5.41) is 13.6. The van der Waals surface area contributed by atoms with Crippen molar-refractivity contribution in [2.45, 2.75) is 18.7 Å². The van der Waals surface area contributed by atoms with E-state index in [0.717, 1.165) is 30.4 Å². The fourth-order valence-corrected chi connectivity index (χ4v) is 4.45.